The monoisotopic (exact) mass is 326 g/mol. The summed E-state index contributed by atoms with van der Waals surface area (Å²) in [5.41, 5.74) is 1.29. The molecule has 1 N–H and O–H groups in total. The summed E-state index contributed by atoms with van der Waals surface area (Å²) in [5.74, 6) is -0.721. The van der Waals surface area contributed by atoms with E-state index in [0.717, 1.165) is 4.68 Å². The van der Waals surface area contributed by atoms with Crippen molar-refractivity contribution in [1.29, 1.82) is 0 Å². The number of hydrogen-bond donors (Lipinski definition) is 1. The first-order valence-electron chi connectivity index (χ1n) is 7.39. The Morgan fingerprint density at radius 3 is 2.83 bits per heavy atom. The van der Waals surface area contributed by atoms with Gasteiger partial charge in [-0.2, -0.15) is 0 Å². The molecule has 3 aromatic rings. The molecule has 0 unspecified atom stereocenters. The Morgan fingerprint density at radius 1 is 1.25 bits per heavy atom. The second-order valence-electron chi connectivity index (χ2n) is 5.43. The zero-order chi connectivity index (χ0) is 17.1. The highest BCUT2D eigenvalue weighted by Crippen LogP contribution is 2.08. The van der Waals surface area contributed by atoms with Crippen LogP contribution in [0, 0.1) is 12.7 Å². The molecule has 7 heteroatoms. The molecular formula is C17H15FN4O2. The van der Waals surface area contributed by atoms with Gasteiger partial charge in [0.25, 0.3) is 5.56 Å². The molecule has 6 nitrogen and oxygen atoms in total. The lowest BCUT2D eigenvalue weighted by Crippen LogP contribution is -2.34. The number of nitrogens with one attached hydrogen (secondary N) is 1. The fourth-order valence-electron chi connectivity index (χ4n) is 2.27. The van der Waals surface area contributed by atoms with E-state index in [1.807, 2.05) is 0 Å². The van der Waals surface area contributed by atoms with Crippen LogP contribution in [0.2, 0.25) is 0 Å². The molecule has 24 heavy (non-hydrogen) atoms. The van der Waals surface area contributed by atoms with Gasteiger partial charge in [-0.3, -0.25) is 9.59 Å². The van der Waals surface area contributed by atoms with Gasteiger partial charge in [0.15, 0.2) is 0 Å². The molecule has 3 rings (SSSR count). The van der Waals surface area contributed by atoms with Crippen molar-refractivity contribution < 1.29 is 9.18 Å². The predicted molar refractivity (Wildman–Crippen MR) is 86.8 cm³/mol. The largest absolute Gasteiger partial charge is 0.350 e. The summed E-state index contributed by atoms with van der Waals surface area (Å²) >= 11 is 0. The van der Waals surface area contributed by atoms with E-state index >= 15 is 0 Å². The van der Waals surface area contributed by atoms with Gasteiger partial charge < -0.3 is 5.32 Å². The summed E-state index contributed by atoms with van der Waals surface area (Å²) < 4.78 is 14.5. The van der Waals surface area contributed by atoms with Crippen molar-refractivity contribution in [3.8, 4) is 0 Å². The summed E-state index contributed by atoms with van der Waals surface area (Å²) in [6, 6.07) is 11.6. The van der Waals surface area contributed by atoms with Gasteiger partial charge in [-0.15, -0.1) is 5.10 Å². The molecule has 1 aromatic heterocycles. The highest BCUT2D eigenvalue weighted by Gasteiger charge is 2.09. The number of aromatic nitrogens is 3. The van der Waals surface area contributed by atoms with Crippen LogP contribution in [0.5, 0.6) is 0 Å². The number of amides is 1. The number of hydrogen-bond acceptors (Lipinski definition) is 4. The summed E-state index contributed by atoms with van der Waals surface area (Å²) in [6.45, 7) is 1.60. The Kier molecular flexibility index (Phi) is 4.33. The van der Waals surface area contributed by atoms with Crippen LogP contribution in [0.25, 0.3) is 10.9 Å². The first kappa shape index (κ1) is 15.8. The summed E-state index contributed by atoms with van der Waals surface area (Å²) in [7, 11) is 0. The number of fused-ring (bicyclic) bond motifs is 1. The maximum Gasteiger partial charge on any atom is 0.278 e. The van der Waals surface area contributed by atoms with E-state index in [4.69, 9.17) is 0 Å². The maximum absolute atomic E-state index is 13.5. The number of carbonyl (C=O) groups is 1. The van der Waals surface area contributed by atoms with Gasteiger partial charge in [-0.1, -0.05) is 29.5 Å². The molecule has 1 amide bonds. The standard InChI is InChI=1S/C17H15FN4O2/c1-11-6-7-12(8-14(11)18)9-19-16(23)10-22-17(24)13-4-2-3-5-15(13)20-21-22/h2-8H,9-10H2,1H3,(H,19,23). The molecule has 2 aromatic carbocycles. The van der Waals surface area contributed by atoms with E-state index in [-0.39, 0.29) is 24.5 Å². The van der Waals surface area contributed by atoms with Crippen molar-refractivity contribution in [2.24, 2.45) is 0 Å². The second-order valence-corrected chi connectivity index (χ2v) is 5.43. The van der Waals surface area contributed by atoms with Crippen molar-refractivity contribution >= 4 is 16.8 Å². The number of aryl methyl sites for hydroxylation is 1. The molecule has 0 atom stereocenters. The van der Waals surface area contributed by atoms with E-state index in [1.165, 1.54) is 6.07 Å². The predicted octanol–water partition coefficient (Wildman–Crippen LogP) is 1.56. The minimum atomic E-state index is -0.400. The van der Waals surface area contributed by atoms with Crippen LogP contribution < -0.4 is 10.9 Å². The average molecular weight is 326 g/mol. The zero-order valence-corrected chi connectivity index (χ0v) is 13.0. The van der Waals surface area contributed by atoms with Gasteiger partial charge in [0.2, 0.25) is 5.91 Å². The third-order valence-electron chi connectivity index (χ3n) is 3.65. The van der Waals surface area contributed by atoms with Crippen molar-refractivity contribution in [2.75, 3.05) is 0 Å². The molecule has 0 aliphatic rings. The Labute approximate surface area is 136 Å². The first-order valence-corrected chi connectivity index (χ1v) is 7.39. The Balaban J connectivity index is 1.70. The van der Waals surface area contributed by atoms with Crippen LogP contribution >= 0.6 is 0 Å². The lowest BCUT2D eigenvalue weighted by atomic mass is 10.1. The number of carbonyl (C=O) groups excluding carboxylic acids is 1. The molecular weight excluding hydrogens is 311 g/mol. The van der Waals surface area contributed by atoms with Gasteiger partial charge in [-0.25, -0.2) is 9.07 Å². The normalized spacial score (nSPS) is 10.8. The van der Waals surface area contributed by atoms with Crippen LogP contribution in [-0.2, 0) is 17.9 Å². The third kappa shape index (κ3) is 3.29. The zero-order valence-electron chi connectivity index (χ0n) is 13.0. The third-order valence-corrected chi connectivity index (χ3v) is 3.65. The average Bonchev–Trinajstić information content (AvgIpc) is 2.59. The first-order chi connectivity index (χ1) is 11.5. The number of benzene rings is 2. The maximum atomic E-state index is 13.5. The van der Waals surface area contributed by atoms with Gasteiger partial charge in [0, 0.05) is 6.54 Å². The van der Waals surface area contributed by atoms with E-state index < -0.39 is 5.91 Å². The Morgan fingerprint density at radius 2 is 2.04 bits per heavy atom. The second kappa shape index (κ2) is 6.57. The highest BCUT2D eigenvalue weighted by molar-refractivity contribution is 5.78. The number of rotatable bonds is 4. The van der Waals surface area contributed by atoms with Crippen molar-refractivity contribution in [2.45, 2.75) is 20.0 Å². The lowest BCUT2D eigenvalue weighted by molar-refractivity contribution is -0.122. The van der Waals surface area contributed by atoms with Crippen LogP contribution in [0.4, 0.5) is 4.39 Å². The van der Waals surface area contributed by atoms with Crippen LogP contribution in [0.1, 0.15) is 11.1 Å². The topological polar surface area (TPSA) is 76.9 Å². The van der Waals surface area contributed by atoms with Crippen molar-refractivity contribution in [3.63, 3.8) is 0 Å². The fourth-order valence-corrected chi connectivity index (χ4v) is 2.27. The molecule has 1 heterocycles. The summed E-state index contributed by atoms with van der Waals surface area (Å²) in [6.07, 6.45) is 0. The number of halogens is 1. The van der Waals surface area contributed by atoms with Crippen LogP contribution in [0.15, 0.2) is 47.3 Å². The lowest BCUT2D eigenvalue weighted by Gasteiger charge is -2.07. The van der Waals surface area contributed by atoms with Gasteiger partial charge in [-0.05, 0) is 36.2 Å². The van der Waals surface area contributed by atoms with Crippen molar-refractivity contribution in [1.82, 2.24) is 20.3 Å². The SMILES string of the molecule is Cc1ccc(CNC(=O)Cn2nnc3ccccc3c2=O)cc1F. The van der Waals surface area contributed by atoms with Gasteiger partial charge in [0.1, 0.15) is 17.9 Å². The minimum absolute atomic E-state index is 0.172. The molecule has 0 spiro atoms. The molecule has 0 saturated carbocycles. The molecule has 0 aliphatic carbocycles. The quantitative estimate of drug-likeness (QED) is 0.789. The van der Waals surface area contributed by atoms with E-state index in [0.29, 0.717) is 22.0 Å². The van der Waals surface area contributed by atoms with Crippen LogP contribution in [0.3, 0.4) is 0 Å². The van der Waals surface area contributed by atoms with E-state index in [1.54, 1.807) is 43.3 Å². The molecule has 122 valence electrons. The van der Waals surface area contributed by atoms with Gasteiger partial charge in [0.05, 0.1) is 5.39 Å². The number of nitrogens with zero attached hydrogens (tertiary/aromatic N) is 3. The fraction of sp³-hybridized carbons (Fsp3) is 0.176. The molecule has 0 radical (unpaired) electrons. The molecule has 0 saturated heterocycles. The Bertz CT molecular complexity index is 968. The Hall–Kier alpha value is -3.09. The smallest absolute Gasteiger partial charge is 0.278 e. The summed E-state index contributed by atoms with van der Waals surface area (Å²) in [4.78, 5) is 24.2. The molecule has 0 aliphatic heterocycles. The van der Waals surface area contributed by atoms with E-state index in [9.17, 15) is 14.0 Å². The minimum Gasteiger partial charge on any atom is -0.350 e. The molecule has 0 fully saturated rings. The highest BCUT2D eigenvalue weighted by atomic mass is 19.1. The van der Waals surface area contributed by atoms with E-state index in [2.05, 4.69) is 15.6 Å². The summed E-state index contributed by atoms with van der Waals surface area (Å²) in [5, 5.41) is 10.7. The van der Waals surface area contributed by atoms with Gasteiger partial charge >= 0.3 is 0 Å². The van der Waals surface area contributed by atoms with Crippen molar-refractivity contribution in [3.05, 3.63) is 69.8 Å². The molecule has 0 bridgehead atoms. The van der Waals surface area contributed by atoms with Crippen LogP contribution in [-0.4, -0.2) is 20.9 Å².